The van der Waals surface area contributed by atoms with Gasteiger partial charge in [-0.3, -0.25) is 0 Å². The number of carbonyl (C=O) groups is 1. The van der Waals surface area contributed by atoms with E-state index in [1.54, 1.807) is 4.90 Å². The van der Waals surface area contributed by atoms with Gasteiger partial charge in [0.1, 0.15) is 0 Å². The first kappa shape index (κ1) is 13.7. The summed E-state index contributed by atoms with van der Waals surface area (Å²) in [5.74, 6) is 1.45. The van der Waals surface area contributed by atoms with Crippen LogP contribution in [0, 0.1) is 11.8 Å². The van der Waals surface area contributed by atoms with Crippen LogP contribution in [0.3, 0.4) is 0 Å². The molecule has 0 spiro atoms. The molecule has 2 aliphatic rings. The molecule has 18 heavy (non-hydrogen) atoms. The van der Waals surface area contributed by atoms with Crippen LogP contribution >= 0.6 is 0 Å². The highest BCUT2D eigenvalue weighted by Crippen LogP contribution is 2.29. The number of carbonyl (C=O) groups excluding carboxylic acids is 1. The van der Waals surface area contributed by atoms with E-state index in [9.17, 15) is 4.79 Å². The Morgan fingerprint density at radius 2 is 2.11 bits per heavy atom. The standard InChI is InChI=1S/C14H26N2O2/c1-11-3-2-4-12(9-11)10-15-14(18)16(7-8-17)13-5-6-13/h11-13,17H,2-10H2,1H3,(H,15,18). The number of urea groups is 1. The number of rotatable bonds is 5. The Balaban J connectivity index is 1.72. The van der Waals surface area contributed by atoms with Crippen molar-refractivity contribution in [2.45, 2.75) is 51.5 Å². The molecule has 2 aliphatic carbocycles. The fraction of sp³-hybridized carbons (Fsp3) is 0.929. The van der Waals surface area contributed by atoms with Crippen molar-refractivity contribution in [2.75, 3.05) is 19.7 Å². The number of hydrogen-bond donors (Lipinski definition) is 2. The maximum Gasteiger partial charge on any atom is 0.317 e. The van der Waals surface area contributed by atoms with Gasteiger partial charge in [-0.15, -0.1) is 0 Å². The maximum absolute atomic E-state index is 12.0. The van der Waals surface area contributed by atoms with Crippen molar-refractivity contribution in [1.82, 2.24) is 10.2 Å². The van der Waals surface area contributed by atoms with E-state index in [1.165, 1.54) is 25.7 Å². The van der Waals surface area contributed by atoms with Gasteiger partial charge in [-0.2, -0.15) is 0 Å². The molecule has 2 rings (SSSR count). The van der Waals surface area contributed by atoms with Gasteiger partial charge in [0.2, 0.25) is 0 Å². The van der Waals surface area contributed by atoms with Gasteiger partial charge in [-0.25, -0.2) is 4.79 Å². The van der Waals surface area contributed by atoms with E-state index in [-0.39, 0.29) is 12.6 Å². The first-order valence-corrected chi connectivity index (χ1v) is 7.36. The third kappa shape index (κ3) is 3.87. The molecule has 0 bridgehead atoms. The SMILES string of the molecule is CC1CCCC(CNC(=O)N(CCO)C2CC2)C1. The van der Waals surface area contributed by atoms with Gasteiger partial charge in [-0.1, -0.05) is 19.8 Å². The number of amides is 2. The average Bonchev–Trinajstić information content (AvgIpc) is 3.17. The van der Waals surface area contributed by atoms with Crippen LogP contribution in [0.1, 0.15) is 45.4 Å². The summed E-state index contributed by atoms with van der Waals surface area (Å²) in [7, 11) is 0. The molecule has 0 aromatic heterocycles. The lowest BCUT2D eigenvalue weighted by Gasteiger charge is -2.28. The minimum absolute atomic E-state index is 0.0183. The highest BCUT2D eigenvalue weighted by molar-refractivity contribution is 5.74. The van der Waals surface area contributed by atoms with Gasteiger partial charge in [0.15, 0.2) is 0 Å². The molecule has 0 aromatic rings. The van der Waals surface area contributed by atoms with E-state index in [2.05, 4.69) is 12.2 Å². The van der Waals surface area contributed by atoms with Crippen LogP contribution in [-0.2, 0) is 0 Å². The minimum Gasteiger partial charge on any atom is -0.395 e. The summed E-state index contributed by atoms with van der Waals surface area (Å²) in [5.41, 5.74) is 0. The summed E-state index contributed by atoms with van der Waals surface area (Å²) in [6, 6.07) is 0.396. The van der Waals surface area contributed by atoms with Crippen molar-refractivity contribution >= 4 is 6.03 Å². The van der Waals surface area contributed by atoms with Crippen molar-refractivity contribution in [3.8, 4) is 0 Å². The first-order valence-electron chi connectivity index (χ1n) is 7.36. The lowest BCUT2D eigenvalue weighted by atomic mass is 9.82. The normalized spacial score (nSPS) is 27.9. The molecule has 0 radical (unpaired) electrons. The quantitative estimate of drug-likeness (QED) is 0.788. The lowest BCUT2D eigenvalue weighted by molar-refractivity contribution is 0.169. The van der Waals surface area contributed by atoms with E-state index >= 15 is 0 Å². The monoisotopic (exact) mass is 254 g/mol. The number of aliphatic hydroxyl groups is 1. The Kier molecular flexibility index (Phi) is 4.87. The molecule has 0 aliphatic heterocycles. The van der Waals surface area contributed by atoms with Crippen molar-refractivity contribution in [2.24, 2.45) is 11.8 Å². The molecule has 4 heteroatoms. The molecule has 104 valence electrons. The summed E-state index contributed by atoms with van der Waals surface area (Å²) in [5, 5.41) is 12.0. The number of nitrogens with zero attached hydrogens (tertiary/aromatic N) is 1. The molecule has 2 unspecified atom stereocenters. The average molecular weight is 254 g/mol. The van der Waals surface area contributed by atoms with E-state index in [0.717, 1.165) is 25.3 Å². The Bertz CT molecular complexity index is 279. The summed E-state index contributed by atoms with van der Waals surface area (Å²) in [6.45, 7) is 3.63. The second-order valence-electron chi connectivity index (χ2n) is 5.97. The zero-order valence-electron chi connectivity index (χ0n) is 11.4. The van der Waals surface area contributed by atoms with Gasteiger partial charge in [0.05, 0.1) is 6.61 Å². The lowest BCUT2D eigenvalue weighted by Crippen LogP contribution is -2.44. The fourth-order valence-electron chi connectivity index (χ4n) is 3.02. The van der Waals surface area contributed by atoms with Crippen molar-refractivity contribution in [1.29, 1.82) is 0 Å². The molecule has 0 aromatic carbocycles. The second kappa shape index (κ2) is 6.41. The van der Waals surface area contributed by atoms with Crippen LogP contribution in [-0.4, -0.2) is 41.8 Å². The van der Waals surface area contributed by atoms with E-state index in [1.807, 2.05) is 0 Å². The summed E-state index contributed by atoms with van der Waals surface area (Å²) in [6.07, 6.45) is 7.30. The smallest absolute Gasteiger partial charge is 0.317 e. The third-order valence-corrected chi connectivity index (χ3v) is 4.18. The maximum atomic E-state index is 12.0. The molecule has 2 atom stereocenters. The molecule has 0 heterocycles. The topological polar surface area (TPSA) is 52.6 Å². The molecule has 4 nitrogen and oxygen atoms in total. The first-order chi connectivity index (χ1) is 8.70. The van der Waals surface area contributed by atoms with Crippen LogP contribution in [0.25, 0.3) is 0 Å². The molecule has 2 N–H and O–H groups in total. The molecule has 0 saturated heterocycles. The molecule has 2 amide bonds. The van der Waals surface area contributed by atoms with Gasteiger partial charge in [0.25, 0.3) is 0 Å². The highest BCUT2D eigenvalue weighted by Gasteiger charge is 2.32. The van der Waals surface area contributed by atoms with E-state index in [0.29, 0.717) is 18.5 Å². The van der Waals surface area contributed by atoms with Crippen molar-refractivity contribution in [3.63, 3.8) is 0 Å². The molecular weight excluding hydrogens is 228 g/mol. The zero-order valence-corrected chi connectivity index (χ0v) is 11.4. The van der Waals surface area contributed by atoms with Crippen LogP contribution in [0.2, 0.25) is 0 Å². The molecule has 2 fully saturated rings. The Labute approximate surface area is 110 Å². The number of aliphatic hydroxyl groups excluding tert-OH is 1. The van der Waals surface area contributed by atoms with Crippen molar-refractivity contribution in [3.05, 3.63) is 0 Å². The number of hydrogen-bond acceptors (Lipinski definition) is 2. The second-order valence-corrected chi connectivity index (χ2v) is 5.97. The summed E-state index contributed by atoms with van der Waals surface area (Å²) < 4.78 is 0. The minimum atomic E-state index is 0.0183. The molecule has 2 saturated carbocycles. The van der Waals surface area contributed by atoms with Gasteiger partial charge in [-0.05, 0) is 37.5 Å². The van der Waals surface area contributed by atoms with Crippen LogP contribution in [0.15, 0.2) is 0 Å². The van der Waals surface area contributed by atoms with Crippen LogP contribution in [0.4, 0.5) is 4.79 Å². The van der Waals surface area contributed by atoms with Gasteiger partial charge >= 0.3 is 6.03 Å². The Morgan fingerprint density at radius 3 is 2.72 bits per heavy atom. The van der Waals surface area contributed by atoms with Crippen LogP contribution in [0.5, 0.6) is 0 Å². The van der Waals surface area contributed by atoms with E-state index < -0.39 is 0 Å². The number of nitrogens with one attached hydrogen (secondary N) is 1. The van der Waals surface area contributed by atoms with Gasteiger partial charge in [0, 0.05) is 19.1 Å². The van der Waals surface area contributed by atoms with Crippen molar-refractivity contribution < 1.29 is 9.90 Å². The van der Waals surface area contributed by atoms with E-state index in [4.69, 9.17) is 5.11 Å². The Morgan fingerprint density at radius 1 is 1.33 bits per heavy atom. The summed E-state index contributed by atoms with van der Waals surface area (Å²) >= 11 is 0. The molecular formula is C14H26N2O2. The third-order valence-electron chi connectivity index (χ3n) is 4.18. The predicted molar refractivity (Wildman–Crippen MR) is 71.3 cm³/mol. The van der Waals surface area contributed by atoms with Gasteiger partial charge < -0.3 is 15.3 Å². The predicted octanol–water partition coefficient (Wildman–Crippen LogP) is 1.98. The Hall–Kier alpha value is -0.770. The van der Waals surface area contributed by atoms with Crippen LogP contribution < -0.4 is 5.32 Å². The summed E-state index contributed by atoms with van der Waals surface area (Å²) in [4.78, 5) is 13.8. The highest BCUT2D eigenvalue weighted by atomic mass is 16.3. The fourth-order valence-corrected chi connectivity index (χ4v) is 3.02. The zero-order chi connectivity index (χ0) is 13.0. The largest absolute Gasteiger partial charge is 0.395 e.